The average Bonchev–Trinajstić information content (AvgIpc) is 2.30. The molecule has 1 heterocycles. The van der Waals surface area contributed by atoms with Crippen LogP contribution in [-0.2, 0) is 5.33 Å². The highest BCUT2D eigenvalue weighted by Crippen LogP contribution is 2.26. The van der Waals surface area contributed by atoms with Crippen LogP contribution in [0.1, 0.15) is 5.56 Å². The van der Waals surface area contributed by atoms with Crippen molar-refractivity contribution in [3.8, 4) is 0 Å². The number of rotatable bonds is 2. The smallest absolute Gasteiger partial charge is 0.123 e. The fourth-order valence-corrected chi connectivity index (χ4v) is 3.13. The monoisotopic (exact) mass is 289 g/mol. The van der Waals surface area contributed by atoms with Crippen molar-refractivity contribution in [1.82, 2.24) is 0 Å². The first-order chi connectivity index (χ1) is 7.31. The van der Waals surface area contributed by atoms with Gasteiger partial charge in [0.05, 0.1) is 0 Å². The summed E-state index contributed by atoms with van der Waals surface area (Å²) < 4.78 is 13.1. The van der Waals surface area contributed by atoms with E-state index >= 15 is 0 Å². The Bertz CT molecular complexity index is 339. The highest BCUT2D eigenvalue weighted by molar-refractivity contribution is 9.08. The zero-order valence-corrected chi connectivity index (χ0v) is 10.8. The second-order valence-electron chi connectivity index (χ2n) is 3.51. The lowest BCUT2D eigenvalue weighted by Gasteiger charge is -2.30. The first-order valence-electron chi connectivity index (χ1n) is 4.98. The van der Waals surface area contributed by atoms with Crippen molar-refractivity contribution in [3.63, 3.8) is 0 Å². The van der Waals surface area contributed by atoms with Crippen molar-refractivity contribution < 1.29 is 4.39 Å². The molecule has 0 unspecified atom stereocenters. The molecule has 1 aliphatic rings. The largest absolute Gasteiger partial charge is 0.370 e. The molecule has 15 heavy (non-hydrogen) atoms. The maximum Gasteiger partial charge on any atom is 0.123 e. The molecule has 0 atom stereocenters. The van der Waals surface area contributed by atoms with Gasteiger partial charge < -0.3 is 4.90 Å². The minimum absolute atomic E-state index is 0.153. The summed E-state index contributed by atoms with van der Waals surface area (Å²) in [7, 11) is 0. The Morgan fingerprint density at radius 3 is 2.73 bits per heavy atom. The van der Waals surface area contributed by atoms with Gasteiger partial charge in [-0.05, 0) is 23.8 Å². The van der Waals surface area contributed by atoms with Crippen LogP contribution in [0.2, 0.25) is 0 Å². The molecule has 1 aliphatic heterocycles. The second kappa shape index (κ2) is 5.21. The van der Waals surface area contributed by atoms with Crippen LogP contribution in [0, 0.1) is 5.82 Å². The molecule has 0 saturated carbocycles. The summed E-state index contributed by atoms with van der Waals surface area (Å²) in [6.45, 7) is 2.13. The van der Waals surface area contributed by atoms with E-state index in [0.717, 1.165) is 18.7 Å². The van der Waals surface area contributed by atoms with E-state index in [2.05, 4.69) is 20.8 Å². The third-order valence-electron chi connectivity index (χ3n) is 2.54. The van der Waals surface area contributed by atoms with Crippen molar-refractivity contribution in [2.75, 3.05) is 29.5 Å². The van der Waals surface area contributed by atoms with Crippen molar-refractivity contribution in [1.29, 1.82) is 0 Å². The first-order valence-corrected chi connectivity index (χ1v) is 7.26. The summed E-state index contributed by atoms with van der Waals surface area (Å²) in [5.74, 6) is 2.18. The molecule has 1 aromatic carbocycles. The fraction of sp³-hybridized carbons (Fsp3) is 0.455. The fourth-order valence-electron chi connectivity index (χ4n) is 1.77. The van der Waals surface area contributed by atoms with Crippen LogP contribution in [-0.4, -0.2) is 24.6 Å². The number of benzene rings is 1. The summed E-state index contributed by atoms with van der Waals surface area (Å²) in [5.41, 5.74) is 2.22. The first kappa shape index (κ1) is 11.3. The summed E-state index contributed by atoms with van der Waals surface area (Å²) in [6.07, 6.45) is 0. The number of hydrogen-bond donors (Lipinski definition) is 0. The molecule has 0 spiro atoms. The minimum atomic E-state index is -0.153. The Morgan fingerprint density at radius 1 is 1.33 bits per heavy atom. The van der Waals surface area contributed by atoms with Gasteiger partial charge in [-0.15, -0.1) is 0 Å². The van der Waals surface area contributed by atoms with Crippen LogP contribution in [0.4, 0.5) is 10.1 Å². The summed E-state index contributed by atoms with van der Waals surface area (Å²) in [5, 5.41) is 0.712. The maximum atomic E-state index is 13.1. The molecule has 0 radical (unpaired) electrons. The van der Waals surface area contributed by atoms with Gasteiger partial charge in [0.25, 0.3) is 0 Å². The highest BCUT2D eigenvalue weighted by Gasteiger charge is 2.14. The zero-order valence-electron chi connectivity index (χ0n) is 8.38. The van der Waals surface area contributed by atoms with E-state index < -0.39 is 0 Å². The molecule has 0 N–H and O–H groups in total. The number of thioether (sulfide) groups is 1. The Labute approximate surface area is 102 Å². The molecule has 82 valence electrons. The Hall–Kier alpha value is -0.220. The van der Waals surface area contributed by atoms with Gasteiger partial charge in [-0.2, -0.15) is 11.8 Å². The standard InChI is InChI=1S/C11H13BrFNS/c12-8-9-7-10(13)1-2-11(9)14-3-5-15-6-4-14/h1-2,7H,3-6,8H2. The van der Waals surface area contributed by atoms with E-state index in [9.17, 15) is 4.39 Å². The van der Waals surface area contributed by atoms with Crippen LogP contribution in [0.3, 0.4) is 0 Å². The van der Waals surface area contributed by atoms with Gasteiger partial charge in [0.2, 0.25) is 0 Å². The van der Waals surface area contributed by atoms with Crippen LogP contribution < -0.4 is 4.90 Å². The van der Waals surface area contributed by atoms with Gasteiger partial charge in [-0.25, -0.2) is 4.39 Å². The quantitative estimate of drug-likeness (QED) is 0.769. The molecular formula is C11H13BrFNS. The van der Waals surface area contributed by atoms with E-state index in [-0.39, 0.29) is 5.82 Å². The molecule has 1 nitrogen and oxygen atoms in total. The van der Waals surface area contributed by atoms with Crippen molar-refractivity contribution >= 4 is 33.4 Å². The number of alkyl halides is 1. The minimum Gasteiger partial charge on any atom is -0.370 e. The lowest BCUT2D eigenvalue weighted by Crippen LogP contribution is -2.33. The number of hydrogen-bond acceptors (Lipinski definition) is 2. The van der Waals surface area contributed by atoms with E-state index in [0.29, 0.717) is 5.33 Å². The van der Waals surface area contributed by atoms with Crippen molar-refractivity contribution in [2.24, 2.45) is 0 Å². The lowest BCUT2D eigenvalue weighted by atomic mass is 10.1. The molecule has 0 bridgehead atoms. The topological polar surface area (TPSA) is 3.24 Å². The van der Waals surface area contributed by atoms with Crippen LogP contribution in [0.5, 0.6) is 0 Å². The number of halogens is 2. The second-order valence-corrected chi connectivity index (χ2v) is 5.29. The molecule has 4 heteroatoms. The molecule has 0 amide bonds. The Morgan fingerprint density at radius 2 is 2.07 bits per heavy atom. The summed E-state index contributed by atoms with van der Waals surface area (Å²) >= 11 is 5.39. The average molecular weight is 290 g/mol. The Kier molecular flexibility index (Phi) is 3.92. The van der Waals surface area contributed by atoms with Crippen LogP contribution in [0.15, 0.2) is 18.2 Å². The highest BCUT2D eigenvalue weighted by atomic mass is 79.9. The number of nitrogens with zero attached hydrogens (tertiary/aromatic N) is 1. The van der Waals surface area contributed by atoms with Gasteiger partial charge in [-0.3, -0.25) is 0 Å². The van der Waals surface area contributed by atoms with Gasteiger partial charge in [-0.1, -0.05) is 15.9 Å². The Balaban J connectivity index is 2.25. The van der Waals surface area contributed by atoms with Gasteiger partial charge in [0, 0.05) is 35.6 Å². The van der Waals surface area contributed by atoms with E-state index in [1.54, 1.807) is 12.1 Å². The summed E-state index contributed by atoms with van der Waals surface area (Å²) in [4.78, 5) is 2.34. The molecule has 0 aliphatic carbocycles. The van der Waals surface area contributed by atoms with Gasteiger partial charge >= 0.3 is 0 Å². The van der Waals surface area contributed by atoms with Crippen molar-refractivity contribution in [2.45, 2.75) is 5.33 Å². The molecule has 0 aromatic heterocycles. The third kappa shape index (κ3) is 2.67. The van der Waals surface area contributed by atoms with Gasteiger partial charge in [0.1, 0.15) is 5.82 Å². The van der Waals surface area contributed by atoms with Crippen LogP contribution in [0.25, 0.3) is 0 Å². The lowest BCUT2D eigenvalue weighted by molar-refractivity contribution is 0.626. The normalized spacial score (nSPS) is 16.8. The molecular weight excluding hydrogens is 277 g/mol. The SMILES string of the molecule is Fc1ccc(N2CCSCC2)c(CBr)c1. The zero-order chi connectivity index (χ0) is 10.7. The predicted molar refractivity (Wildman–Crippen MR) is 68.6 cm³/mol. The maximum absolute atomic E-state index is 13.1. The van der Waals surface area contributed by atoms with Crippen LogP contribution >= 0.6 is 27.7 Å². The van der Waals surface area contributed by atoms with Crippen molar-refractivity contribution in [3.05, 3.63) is 29.6 Å². The third-order valence-corrected chi connectivity index (χ3v) is 4.08. The predicted octanol–water partition coefficient (Wildman–Crippen LogP) is 3.27. The molecule has 1 fully saturated rings. The summed E-state index contributed by atoms with van der Waals surface area (Å²) in [6, 6.07) is 5.05. The number of anilines is 1. The van der Waals surface area contributed by atoms with E-state index in [4.69, 9.17) is 0 Å². The molecule has 2 rings (SSSR count). The molecule has 1 aromatic rings. The van der Waals surface area contributed by atoms with E-state index in [1.807, 2.05) is 17.8 Å². The van der Waals surface area contributed by atoms with E-state index in [1.165, 1.54) is 17.2 Å². The van der Waals surface area contributed by atoms with Gasteiger partial charge in [0.15, 0.2) is 0 Å². The molecule has 1 saturated heterocycles.